The molecule has 1 aromatic carbocycles. The lowest BCUT2D eigenvalue weighted by Gasteiger charge is -2.11. The molecule has 0 amide bonds. The number of hydrogen-bond acceptors (Lipinski definition) is 5. The van der Waals surface area contributed by atoms with Crippen molar-refractivity contribution in [3.8, 4) is 17.0 Å². The van der Waals surface area contributed by atoms with Gasteiger partial charge in [0.1, 0.15) is 11.6 Å². The summed E-state index contributed by atoms with van der Waals surface area (Å²) >= 11 is 0. The van der Waals surface area contributed by atoms with Crippen LogP contribution in [0.4, 0.5) is 37.8 Å². The summed E-state index contributed by atoms with van der Waals surface area (Å²) < 4.78 is 82.3. The molecule has 0 radical (unpaired) electrons. The van der Waals surface area contributed by atoms with Crippen LogP contribution in [-0.2, 0) is 6.18 Å². The van der Waals surface area contributed by atoms with E-state index >= 15 is 0 Å². The molecule has 0 fully saturated rings. The number of pyridine rings is 1. The Morgan fingerprint density at radius 2 is 1.65 bits per heavy atom. The van der Waals surface area contributed by atoms with E-state index < -0.39 is 24.0 Å². The molecule has 0 spiro atoms. The van der Waals surface area contributed by atoms with Crippen LogP contribution in [0.25, 0.3) is 16.8 Å². The molecule has 3 heterocycles. The quantitative estimate of drug-likeness (QED) is 0.429. The topological polar surface area (TPSA) is 64.3 Å². The summed E-state index contributed by atoms with van der Waals surface area (Å²) in [7, 11) is 0. The smallest absolute Gasteiger partial charge is 0.406 e. The van der Waals surface area contributed by atoms with Gasteiger partial charge in [-0.3, -0.25) is 4.98 Å². The molecule has 0 aliphatic carbocycles. The van der Waals surface area contributed by atoms with Gasteiger partial charge in [-0.2, -0.15) is 18.3 Å². The van der Waals surface area contributed by atoms with E-state index in [4.69, 9.17) is 0 Å². The van der Waals surface area contributed by atoms with Gasteiger partial charge < -0.3 is 10.1 Å². The Bertz CT molecular complexity index is 1220. The molecular formula is C19H11F6N5O. The first-order valence-corrected chi connectivity index (χ1v) is 8.60. The highest BCUT2D eigenvalue weighted by Crippen LogP contribution is 2.38. The lowest BCUT2D eigenvalue weighted by atomic mass is 10.1. The van der Waals surface area contributed by atoms with E-state index in [2.05, 4.69) is 25.1 Å². The molecule has 160 valence electrons. The van der Waals surface area contributed by atoms with Crippen LogP contribution in [0.3, 0.4) is 0 Å². The van der Waals surface area contributed by atoms with Crippen LogP contribution in [0.5, 0.6) is 5.75 Å². The minimum atomic E-state index is -4.82. The second kappa shape index (κ2) is 7.45. The van der Waals surface area contributed by atoms with Gasteiger partial charge in [0.25, 0.3) is 0 Å². The first kappa shape index (κ1) is 20.4. The number of anilines is 2. The third-order valence-electron chi connectivity index (χ3n) is 4.06. The normalized spacial score (nSPS) is 12.2. The summed E-state index contributed by atoms with van der Waals surface area (Å²) in [6.45, 7) is 0. The fourth-order valence-electron chi connectivity index (χ4n) is 2.88. The van der Waals surface area contributed by atoms with Crippen molar-refractivity contribution in [3.05, 3.63) is 66.7 Å². The van der Waals surface area contributed by atoms with E-state index in [9.17, 15) is 26.3 Å². The van der Waals surface area contributed by atoms with Crippen molar-refractivity contribution in [1.82, 2.24) is 19.6 Å². The third-order valence-corrected chi connectivity index (χ3v) is 4.06. The average molecular weight is 439 g/mol. The highest BCUT2D eigenvalue weighted by molar-refractivity contribution is 5.81. The van der Waals surface area contributed by atoms with Crippen LogP contribution in [0.2, 0.25) is 0 Å². The molecule has 6 nitrogen and oxygen atoms in total. The summed E-state index contributed by atoms with van der Waals surface area (Å²) in [6, 6.07) is 9.34. The summed E-state index contributed by atoms with van der Waals surface area (Å²) in [4.78, 5) is 8.11. The first-order chi connectivity index (χ1) is 14.6. The predicted octanol–water partition coefficient (Wildman–Crippen LogP) is 5.45. The van der Waals surface area contributed by atoms with E-state index in [0.717, 1.165) is 16.6 Å². The predicted molar refractivity (Wildman–Crippen MR) is 97.6 cm³/mol. The number of rotatable bonds is 4. The number of nitrogens with zero attached hydrogens (tertiary/aromatic N) is 4. The van der Waals surface area contributed by atoms with Crippen molar-refractivity contribution in [2.75, 3.05) is 5.32 Å². The first-order valence-electron chi connectivity index (χ1n) is 8.60. The van der Waals surface area contributed by atoms with Crippen LogP contribution >= 0.6 is 0 Å². The van der Waals surface area contributed by atoms with Crippen molar-refractivity contribution in [2.45, 2.75) is 12.5 Å². The summed E-state index contributed by atoms with van der Waals surface area (Å²) in [5.41, 5.74) is -0.903. The number of ether oxygens (including phenoxy) is 1. The van der Waals surface area contributed by atoms with Crippen molar-refractivity contribution < 1.29 is 31.1 Å². The minimum absolute atomic E-state index is 0.0736. The number of alkyl halides is 6. The maximum atomic E-state index is 13.5. The van der Waals surface area contributed by atoms with E-state index in [-0.39, 0.29) is 22.6 Å². The molecule has 4 aromatic rings. The fourth-order valence-corrected chi connectivity index (χ4v) is 2.88. The van der Waals surface area contributed by atoms with Gasteiger partial charge in [-0.25, -0.2) is 9.50 Å². The number of aromatic nitrogens is 4. The third kappa shape index (κ3) is 4.52. The Labute approximate surface area is 170 Å². The van der Waals surface area contributed by atoms with Gasteiger partial charge in [-0.15, -0.1) is 13.2 Å². The maximum Gasteiger partial charge on any atom is 0.573 e. The molecule has 4 rings (SSSR count). The molecule has 12 heteroatoms. The molecular weight excluding hydrogens is 428 g/mol. The Morgan fingerprint density at radius 3 is 2.32 bits per heavy atom. The van der Waals surface area contributed by atoms with Crippen LogP contribution in [0.1, 0.15) is 5.69 Å². The molecule has 0 bridgehead atoms. The monoisotopic (exact) mass is 439 g/mol. The van der Waals surface area contributed by atoms with E-state index in [1.54, 1.807) is 12.1 Å². The average Bonchev–Trinajstić information content (AvgIpc) is 3.09. The largest absolute Gasteiger partial charge is 0.573 e. The lowest BCUT2D eigenvalue weighted by Crippen LogP contribution is -2.16. The number of halogens is 6. The van der Waals surface area contributed by atoms with Gasteiger partial charge in [0.2, 0.25) is 0 Å². The van der Waals surface area contributed by atoms with E-state index in [0.29, 0.717) is 5.69 Å². The minimum Gasteiger partial charge on any atom is -0.406 e. The van der Waals surface area contributed by atoms with E-state index in [1.807, 2.05) is 0 Å². The standard InChI is InChI=1S/C19H11F6N5O/c20-18(21,22)17-16(14-3-1-2-8-30(14)29-17)13-9-26-10-15(28-13)27-11-4-6-12(7-5-11)31-19(23,24)25/h1-10H,(H,27,28). The zero-order chi connectivity index (χ0) is 22.2. The highest BCUT2D eigenvalue weighted by Gasteiger charge is 2.39. The summed E-state index contributed by atoms with van der Waals surface area (Å²) in [5, 5.41) is 6.39. The van der Waals surface area contributed by atoms with Gasteiger partial charge in [-0.1, -0.05) is 6.07 Å². The number of benzene rings is 1. The molecule has 0 aliphatic rings. The number of hydrogen-bond donors (Lipinski definition) is 1. The SMILES string of the molecule is FC(F)(F)Oc1ccc(Nc2cncc(-c3c(C(F)(F)F)nn4ccccc34)n2)cc1. The Balaban J connectivity index is 1.67. The fraction of sp³-hybridized carbons (Fsp3) is 0.105. The Hall–Kier alpha value is -3.83. The van der Waals surface area contributed by atoms with Crippen molar-refractivity contribution in [1.29, 1.82) is 0 Å². The molecule has 3 aromatic heterocycles. The molecule has 1 N–H and O–H groups in total. The molecule has 0 saturated carbocycles. The van der Waals surface area contributed by atoms with Crippen LogP contribution in [-0.4, -0.2) is 25.9 Å². The number of nitrogens with one attached hydrogen (secondary N) is 1. The van der Waals surface area contributed by atoms with Crippen molar-refractivity contribution >= 4 is 17.0 Å². The summed E-state index contributed by atoms with van der Waals surface area (Å²) in [6.07, 6.45) is -5.72. The Kier molecular flexibility index (Phi) is 4.91. The van der Waals surface area contributed by atoms with Gasteiger partial charge in [0.05, 0.1) is 29.2 Å². The van der Waals surface area contributed by atoms with Crippen molar-refractivity contribution in [3.63, 3.8) is 0 Å². The second-order valence-corrected chi connectivity index (χ2v) is 6.24. The van der Waals surface area contributed by atoms with Crippen molar-refractivity contribution in [2.24, 2.45) is 0 Å². The van der Waals surface area contributed by atoms with Gasteiger partial charge in [-0.05, 0) is 36.4 Å². The highest BCUT2D eigenvalue weighted by atomic mass is 19.4. The number of fused-ring (bicyclic) bond motifs is 1. The summed E-state index contributed by atoms with van der Waals surface area (Å²) in [5.74, 6) is -0.329. The molecule has 31 heavy (non-hydrogen) atoms. The lowest BCUT2D eigenvalue weighted by molar-refractivity contribution is -0.274. The van der Waals surface area contributed by atoms with Crippen LogP contribution < -0.4 is 10.1 Å². The van der Waals surface area contributed by atoms with Crippen LogP contribution in [0.15, 0.2) is 61.1 Å². The van der Waals surface area contributed by atoms with Gasteiger partial charge in [0, 0.05) is 11.9 Å². The van der Waals surface area contributed by atoms with E-state index in [1.165, 1.54) is 36.8 Å². The molecule has 0 aliphatic heterocycles. The molecule has 0 saturated heterocycles. The zero-order valence-corrected chi connectivity index (χ0v) is 15.2. The molecule has 0 unspecified atom stereocenters. The second-order valence-electron chi connectivity index (χ2n) is 6.24. The van der Waals surface area contributed by atoms with Gasteiger partial charge >= 0.3 is 12.5 Å². The maximum absolute atomic E-state index is 13.5. The molecule has 0 atom stereocenters. The zero-order valence-electron chi connectivity index (χ0n) is 15.2. The van der Waals surface area contributed by atoms with Crippen LogP contribution in [0, 0.1) is 0 Å². The Morgan fingerprint density at radius 1 is 0.903 bits per heavy atom. The van der Waals surface area contributed by atoms with Gasteiger partial charge in [0.15, 0.2) is 5.69 Å².